The molecule has 21 heavy (non-hydrogen) atoms. The summed E-state index contributed by atoms with van der Waals surface area (Å²) in [5, 5.41) is 4.10. The van der Waals surface area contributed by atoms with Crippen LogP contribution in [0.5, 0.6) is 0 Å². The monoisotopic (exact) mass is 312 g/mol. The molecule has 2 atom stereocenters. The lowest BCUT2D eigenvalue weighted by atomic mass is 9.97. The van der Waals surface area contributed by atoms with Crippen LogP contribution in [-0.2, 0) is 6.54 Å². The summed E-state index contributed by atoms with van der Waals surface area (Å²) in [5.41, 5.74) is 0.741. The summed E-state index contributed by atoms with van der Waals surface area (Å²) in [4.78, 5) is 2.43. The second kappa shape index (κ2) is 7.57. The predicted octanol–water partition coefficient (Wildman–Crippen LogP) is 4.08. The number of hydrogen-bond donors (Lipinski definition) is 1. The lowest BCUT2D eigenvalue weighted by Crippen LogP contribution is -2.57. The van der Waals surface area contributed by atoms with Gasteiger partial charge in [-0.25, -0.2) is 4.39 Å². The van der Waals surface area contributed by atoms with Gasteiger partial charge in [-0.15, -0.1) is 0 Å². The second-order valence-corrected chi connectivity index (χ2v) is 6.80. The summed E-state index contributed by atoms with van der Waals surface area (Å²) < 4.78 is 14.0. The Morgan fingerprint density at radius 3 is 2.81 bits per heavy atom. The third kappa shape index (κ3) is 4.41. The molecular weight excluding hydrogens is 287 g/mol. The van der Waals surface area contributed by atoms with Crippen LogP contribution in [0.15, 0.2) is 18.2 Å². The van der Waals surface area contributed by atoms with E-state index in [0.717, 1.165) is 31.5 Å². The maximum Gasteiger partial charge on any atom is 0.129 e. The zero-order valence-corrected chi connectivity index (χ0v) is 14.0. The van der Waals surface area contributed by atoms with Gasteiger partial charge >= 0.3 is 0 Å². The van der Waals surface area contributed by atoms with Crippen molar-refractivity contribution in [2.75, 3.05) is 13.1 Å². The molecule has 0 aromatic heterocycles. The molecule has 2 nitrogen and oxygen atoms in total. The van der Waals surface area contributed by atoms with E-state index in [1.165, 1.54) is 6.07 Å². The minimum atomic E-state index is -0.197. The summed E-state index contributed by atoms with van der Waals surface area (Å²) in [7, 11) is 0. The van der Waals surface area contributed by atoms with Gasteiger partial charge < -0.3 is 5.32 Å². The molecule has 1 aromatic carbocycles. The first kappa shape index (κ1) is 16.7. The fourth-order valence-electron chi connectivity index (χ4n) is 3.01. The highest BCUT2D eigenvalue weighted by Crippen LogP contribution is 2.22. The van der Waals surface area contributed by atoms with E-state index in [1.54, 1.807) is 6.07 Å². The van der Waals surface area contributed by atoms with Crippen molar-refractivity contribution in [2.24, 2.45) is 5.92 Å². The Kier molecular flexibility index (Phi) is 6.03. The topological polar surface area (TPSA) is 15.3 Å². The molecule has 1 fully saturated rings. The molecule has 0 aliphatic carbocycles. The standard InChI is InChI=1S/C17H26ClFN2/c1-4-5-15-9-20-17(12(2)3)11-21(15)10-13-6-7-14(18)8-16(13)19/h6-8,12,15,17,20H,4-5,9-11H2,1-3H3. The van der Waals surface area contributed by atoms with E-state index in [4.69, 9.17) is 11.6 Å². The van der Waals surface area contributed by atoms with Gasteiger partial charge in [0.05, 0.1) is 0 Å². The van der Waals surface area contributed by atoms with Crippen molar-refractivity contribution in [1.29, 1.82) is 0 Å². The van der Waals surface area contributed by atoms with E-state index in [2.05, 4.69) is 31.0 Å². The first-order valence-electron chi connectivity index (χ1n) is 7.92. The maximum absolute atomic E-state index is 14.0. The highest BCUT2D eigenvalue weighted by Gasteiger charge is 2.29. The molecule has 0 spiro atoms. The number of rotatable bonds is 5. The molecule has 0 radical (unpaired) electrons. The van der Waals surface area contributed by atoms with Crippen LogP contribution >= 0.6 is 11.6 Å². The Balaban J connectivity index is 2.11. The van der Waals surface area contributed by atoms with Crippen LogP contribution in [0.4, 0.5) is 4.39 Å². The van der Waals surface area contributed by atoms with Crippen molar-refractivity contribution in [3.8, 4) is 0 Å². The van der Waals surface area contributed by atoms with Crippen LogP contribution in [0.1, 0.15) is 39.2 Å². The average Bonchev–Trinajstić information content (AvgIpc) is 2.43. The molecule has 0 saturated carbocycles. The number of benzene rings is 1. The molecule has 2 unspecified atom stereocenters. The van der Waals surface area contributed by atoms with E-state index >= 15 is 0 Å². The van der Waals surface area contributed by atoms with Gasteiger partial charge in [-0.3, -0.25) is 4.90 Å². The smallest absolute Gasteiger partial charge is 0.129 e. The van der Waals surface area contributed by atoms with Gasteiger partial charge in [-0.2, -0.15) is 0 Å². The highest BCUT2D eigenvalue weighted by atomic mass is 35.5. The minimum absolute atomic E-state index is 0.197. The fraction of sp³-hybridized carbons (Fsp3) is 0.647. The molecule has 118 valence electrons. The Hall–Kier alpha value is -0.640. The van der Waals surface area contributed by atoms with E-state index in [0.29, 0.717) is 29.6 Å². The van der Waals surface area contributed by atoms with Crippen LogP contribution in [-0.4, -0.2) is 30.1 Å². The molecule has 1 aliphatic rings. The largest absolute Gasteiger partial charge is 0.311 e. The van der Waals surface area contributed by atoms with Crippen molar-refractivity contribution in [1.82, 2.24) is 10.2 Å². The van der Waals surface area contributed by atoms with Crippen molar-refractivity contribution in [2.45, 2.75) is 52.2 Å². The second-order valence-electron chi connectivity index (χ2n) is 6.37. The maximum atomic E-state index is 14.0. The van der Waals surface area contributed by atoms with Crippen molar-refractivity contribution >= 4 is 11.6 Å². The SMILES string of the molecule is CCCC1CNC(C(C)C)CN1Cc1ccc(Cl)cc1F. The third-order valence-electron chi connectivity index (χ3n) is 4.38. The predicted molar refractivity (Wildman–Crippen MR) is 87.1 cm³/mol. The third-order valence-corrected chi connectivity index (χ3v) is 4.61. The van der Waals surface area contributed by atoms with Gasteiger partial charge in [0.1, 0.15) is 5.82 Å². The summed E-state index contributed by atoms with van der Waals surface area (Å²) in [6.45, 7) is 9.31. The zero-order valence-electron chi connectivity index (χ0n) is 13.2. The molecule has 0 amide bonds. The first-order chi connectivity index (χ1) is 10.0. The molecular formula is C17H26ClFN2. The van der Waals surface area contributed by atoms with Crippen LogP contribution in [0.2, 0.25) is 5.02 Å². The van der Waals surface area contributed by atoms with Crippen LogP contribution in [0.3, 0.4) is 0 Å². The van der Waals surface area contributed by atoms with E-state index in [-0.39, 0.29) is 5.82 Å². The quantitative estimate of drug-likeness (QED) is 0.881. The van der Waals surface area contributed by atoms with Crippen LogP contribution < -0.4 is 5.32 Å². The van der Waals surface area contributed by atoms with E-state index < -0.39 is 0 Å². The lowest BCUT2D eigenvalue weighted by Gasteiger charge is -2.42. The molecule has 4 heteroatoms. The Labute approximate surface area is 132 Å². The van der Waals surface area contributed by atoms with Gasteiger partial charge in [-0.1, -0.05) is 44.9 Å². The highest BCUT2D eigenvalue weighted by molar-refractivity contribution is 6.30. The van der Waals surface area contributed by atoms with Gasteiger partial charge in [0.25, 0.3) is 0 Å². The number of piperazine rings is 1. The molecule has 1 aliphatic heterocycles. The molecule has 1 heterocycles. The van der Waals surface area contributed by atoms with Gasteiger partial charge in [0.15, 0.2) is 0 Å². The van der Waals surface area contributed by atoms with Crippen molar-refractivity contribution in [3.05, 3.63) is 34.6 Å². The van der Waals surface area contributed by atoms with Crippen LogP contribution in [0, 0.1) is 11.7 Å². The molecule has 0 bridgehead atoms. The zero-order chi connectivity index (χ0) is 15.4. The molecule has 1 saturated heterocycles. The van der Waals surface area contributed by atoms with Crippen molar-refractivity contribution < 1.29 is 4.39 Å². The minimum Gasteiger partial charge on any atom is -0.311 e. The van der Waals surface area contributed by atoms with Crippen LogP contribution in [0.25, 0.3) is 0 Å². The Morgan fingerprint density at radius 2 is 2.19 bits per heavy atom. The van der Waals surface area contributed by atoms with Gasteiger partial charge in [0, 0.05) is 42.3 Å². The fourth-order valence-corrected chi connectivity index (χ4v) is 3.17. The number of nitrogens with one attached hydrogen (secondary N) is 1. The van der Waals surface area contributed by atoms with E-state index in [9.17, 15) is 4.39 Å². The summed E-state index contributed by atoms with van der Waals surface area (Å²) in [6.07, 6.45) is 2.30. The number of halogens is 2. The summed E-state index contributed by atoms with van der Waals surface area (Å²) >= 11 is 5.84. The Morgan fingerprint density at radius 1 is 1.43 bits per heavy atom. The normalized spacial score (nSPS) is 23.7. The number of nitrogens with zero attached hydrogens (tertiary/aromatic N) is 1. The van der Waals surface area contributed by atoms with Gasteiger partial charge in [0.2, 0.25) is 0 Å². The van der Waals surface area contributed by atoms with E-state index in [1.807, 2.05) is 6.07 Å². The summed E-state index contributed by atoms with van der Waals surface area (Å²) in [5.74, 6) is 0.391. The Bertz CT molecular complexity index is 464. The number of hydrogen-bond acceptors (Lipinski definition) is 2. The average molecular weight is 313 g/mol. The summed E-state index contributed by atoms with van der Waals surface area (Å²) in [6, 6.07) is 5.96. The lowest BCUT2D eigenvalue weighted by molar-refractivity contribution is 0.0986. The molecule has 2 rings (SSSR count). The van der Waals surface area contributed by atoms with Gasteiger partial charge in [-0.05, 0) is 24.5 Å². The van der Waals surface area contributed by atoms with Crippen molar-refractivity contribution in [3.63, 3.8) is 0 Å². The molecule has 1 N–H and O–H groups in total. The molecule has 1 aromatic rings. The first-order valence-corrected chi connectivity index (χ1v) is 8.30.